The lowest BCUT2D eigenvalue weighted by atomic mass is 10.0. The van der Waals surface area contributed by atoms with E-state index in [1.165, 1.54) is 12.3 Å². The van der Waals surface area contributed by atoms with Crippen molar-refractivity contribution < 1.29 is 18.4 Å². The summed E-state index contributed by atoms with van der Waals surface area (Å²) in [5.41, 5.74) is 1.91. The lowest BCUT2D eigenvalue weighted by Gasteiger charge is -2.45. The van der Waals surface area contributed by atoms with Gasteiger partial charge in [-0.25, -0.2) is 15.0 Å². The summed E-state index contributed by atoms with van der Waals surface area (Å²) in [5, 5.41) is 0.678. The third kappa shape index (κ3) is 3.33. The van der Waals surface area contributed by atoms with Crippen LogP contribution in [0.4, 0.5) is 10.2 Å². The van der Waals surface area contributed by atoms with Crippen LogP contribution in [-0.2, 0) is 20.7 Å². The summed E-state index contributed by atoms with van der Waals surface area (Å²) in [6.45, 7) is 7.46. The summed E-state index contributed by atoms with van der Waals surface area (Å²) in [4.78, 5) is 18.8. The fourth-order valence-corrected chi connectivity index (χ4v) is 4.53. The van der Waals surface area contributed by atoms with Crippen LogP contribution >= 0.6 is 0 Å². The Balaban J connectivity index is 1.73. The second kappa shape index (κ2) is 7.32. The summed E-state index contributed by atoms with van der Waals surface area (Å²) in [5.74, 6) is 1.13. The molecule has 0 aromatic carbocycles. The Hall–Kier alpha value is -2.43. The maximum Gasteiger partial charge on any atom is 0.213 e. The van der Waals surface area contributed by atoms with Crippen molar-refractivity contribution in [3.05, 3.63) is 30.0 Å². The standard InChI is InChI=1S/C21H24FN5O3S/c1-11-8-29-9-13-10-30-17-18(21(2,3)31(4)28)25-19(26-20(17)27(11)13)14-5-12-6-16(22)23-7-15(12)24-14/h5-7,11,13,24H,8-10H2,1-4H3/t11-,13+,31?/m1/s1. The number of morpholine rings is 1. The predicted molar refractivity (Wildman–Crippen MR) is 116 cm³/mol. The summed E-state index contributed by atoms with van der Waals surface area (Å²) in [7, 11) is 0. The van der Waals surface area contributed by atoms with E-state index in [0.717, 1.165) is 0 Å². The minimum absolute atomic E-state index is 0.0445. The molecule has 3 aromatic rings. The van der Waals surface area contributed by atoms with E-state index in [1.807, 2.05) is 13.8 Å². The monoisotopic (exact) mass is 445 g/mol. The van der Waals surface area contributed by atoms with Crippen molar-refractivity contribution in [1.82, 2.24) is 19.9 Å². The zero-order chi connectivity index (χ0) is 21.9. The summed E-state index contributed by atoms with van der Waals surface area (Å²) in [6, 6.07) is 3.31. The predicted octanol–water partition coefficient (Wildman–Crippen LogP) is 2.76. The van der Waals surface area contributed by atoms with Crippen LogP contribution in [-0.4, -0.2) is 62.6 Å². The van der Waals surface area contributed by atoms with Gasteiger partial charge >= 0.3 is 0 Å². The fraction of sp³-hybridized carbons (Fsp3) is 0.476. The van der Waals surface area contributed by atoms with Crippen molar-refractivity contribution in [2.45, 2.75) is 37.6 Å². The summed E-state index contributed by atoms with van der Waals surface area (Å²) < 4.78 is 37.3. The highest BCUT2D eigenvalue weighted by Gasteiger charge is 2.43. The van der Waals surface area contributed by atoms with E-state index < -0.39 is 21.9 Å². The Kier molecular flexibility index (Phi) is 4.83. The molecule has 0 bridgehead atoms. The van der Waals surface area contributed by atoms with E-state index in [-0.39, 0.29) is 12.1 Å². The number of H-pyrrole nitrogens is 1. The number of rotatable bonds is 3. The maximum absolute atomic E-state index is 13.6. The SMILES string of the molecule is C[C@@H]1COC[C@H]2COc3c(nc(-c4cc5cc(F)ncc5[nH]4)nc3C(C)(C)[S+](C)[O-])N21. The van der Waals surface area contributed by atoms with Gasteiger partial charge in [0.25, 0.3) is 0 Å². The minimum atomic E-state index is -1.21. The number of fused-ring (bicyclic) bond motifs is 4. The van der Waals surface area contributed by atoms with Gasteiger partial charge in [0.05, 0.1) is 49.0 Å². The second-order valence-corrected chi connectivity index (χ2v) is 10.5. The van der Waals surface area contributed by atoms with Crippen LogP contribution in [0, 0.1) is 5.95 Å². The van der Waals surface area contributed by atoms with Gasteiger partial charge in [-0.15, -0.1) is 0 Å². The lowest BCUT2D eigenvalue weighted by molar-refractivity contribution is 0.0482. The van der Waals surface area contributed by atoms with Crippen LogP contribution in [0.3, 0.4) is 0 Å². The van der Waals surface area contributed by atoms with Crippen molar-refractivity contribution in [1.29, 1.82) is 0 Å². The van der Waals surface area contributed by atoms with Crippen LogP contribution in [0.5, 0.6) is 5.75 Å². The molecule has 2 aliphatic rings. The van der Waals surface area contributed by atoms with Gasteiger partial charge in [0.15, 0.2) is 22.1 Å². The molecule has 0 spiro atoms. The van der Waals surface area contributed by atoms with E-state index in [9.17, 15) is 8.94 Å². The molecule has 10 heteroatoms. The number of anilines is 1. The highest BCUT2D eigenvalue weighted by atomic mass is 32.2. The van der Waals surface area contributed by atoms with Crippen LogP contribution in [0.1, 0.15) is 26.5 Å². The van der Waals surface area contributed by atoms with Gasteiger partial charge in [-0.3, -0.25) is 0 Å². The van der Waals surface area contributed by atoms with Crippen molar-refractivity contribution in [3.8, 4) is 17.3 Å². The molecule has 0 radical (unpaired) electrons. The van der Waals surface area contributed by atoms with Crippen molar-refractivity contribution in [2.24, 2.45) is 0 Å². The van der Waals surface area contributed by atoms with Gasteiger partial charge in [0, 0.05) is 11.5 Å². The number of aromatic amines is 1. The van der Waals surface area contributed by atoms with Crippen LogP contribution in [0.25, 0.3) is 22.4 Å². The van der Waals surface area contributed by atoms with Crippen molar-refractivity contribution in [3.63, 3.8) is 0 Å². The van der Waals surface area contributed by atoms with E-state index in [2.05, 4.69) is 21.8 Å². The van der Waals surface area contributed by atoms with E-state index >= 15 is 0 Å². The number of nitrogens with zero attached hydrogens (tertiary/aromatic N) is 4. The second-order valence-electron chi connectivity index (χ2n) is 8.55. The molecule has 0 saturated carbocycles. The molecule has 8 nitrogen and oxygen atoms in total. The normalized spacial score (nSPS) is 22.1. The number of pyridine rings is 1. The molecule has 1 N–H and O–H groups in total. The van der Waals surface area contributed by atoms with Gasteiger partial charge < -0.3 is 23.9 Å². The van der Waals surface area contributed by atoms with Gasteiger partial charge in [0.2, 0.25) is 5.95 Å². The molecule has 31 heavy (non-hydrogen) atoms. The van der Waals surface area contributed by atoms with E-state index in [0.29, 0.717) is 59.5 Å². The Labute approximate surface area is 182 Å². The zero-order valence-electron chi connectivity index (χ0n) is 17.8. The van der Waals surface area contributed by atoms with Gasteiger partial charge in [-0.1, -0.05) is 0 Å². The molecule has 2 aliphatic heterocycles. The van der Waals surface area contributed by atoms with E-state index in [1.54, 1.807) is 12.3 Å². The maximum atomic E-state index is 13.6. The molecule has 0 aliphatic carbocycles. The van der Waals surface area contributed by atoms with Gasteiger partial charge in [-0.05, 0) is 38.0 Å². The molecule has 3 aromatic heterocycles. The molecule has 1 unspecified atom stereocenters. The minimum Gasteiger partial charge on any atom is -0.616 e. The average Bonchev–Trinajstić information content (AvgIpc) is 3.15. The van der Waals surface area contributed by atoms with Crippen molar-refractivity contribution in [2.75, 3.05) is 31.0 Å². The Morgan fingerprint density at radius 1 is 1.26 bits per heavy atom. The highest BCUT2D eigenvalue weighted by Crippen LogP contribution is 2.44. The molecule has 0 amide bonds. The number of nitrogens with one attached hydrogen (secondary N) is 1. The average molecular weight is 446 g/mol. The molecule has 5 rings (SSSR count). The number of ether oxygens (including phenoxy) is 2. The van der Waals surface area contributed by atoms with Crippen LogP contribution in [0.2, 0.25) is 0 Å². The molecule has 5 heterocycles. The first-order valence-electron chi connectivity index (χ1n) is 10.1. The molecular weight excluding hydrogens is 421 g/mol. The van der Waals surface area contributed by atoms with Crippen LogP contribution in [0.15, 0.2) is 18.3 Å². The first kappa shape index (κ1) is 20.5. The number of hydrogen-bond acceptors (Lipinski definition) is 7. The molecule has 164 valence electrons. The quantitative estimate of drug-likeness (QED) is 0.489. The number of hydrogen-bond donors (Lipinski definition) is 1. The molecule has 1 fully saturated rings. The topological polar surface area (TPSA) is 99.2 Å². The Morgan fingerprint density at radius 2 is 2.06 bits per heavy atom. The zero-order valence-corrected chi connectivity index (χ0v) is 18.6. The van der Waals surface area contributed by atoms with E-state index in [4.69, 9.17) is 19.4 Å². The largest absolute Gasteiger partial charge is 0.616 e. The summed E-state index contributed by atoms with van der Waals surface area (Å²) >= 11 is -1.21. The first-order valence-corrected chi connectivity index (χ1v) is 11.7. The van der Waals surface area contributed by atoms with Gasteiger partial charge in [-0.2, -0.15) is 4.39 Å². The summed E-state index contributed by atoms with van der Waals surface area (Å²) in [6.07, 6.45) is 3.11. The molecule has 3 atom stereocenters. The Bertz CT molecular complexity index is 1150. The number of aromatic nitrogens is 4. The first-order chi connectivity index (χ1) is 14.8. The Morgan fingerprint density at radius 3 is 2.84 bits per heavy atom. The highest BCUT2D eigenvalue weighted by molar-refractivity contribution is 7.91. The molecule has 1 saturated heterocycles. The van der Waals surface area contributed by atoms with Crippen LogP contribution < -0.4 is 9.64 Å². The third-order valence-corrected chi connectivity index (χ3v) is 7.68. The molecular formula is C21H24FN5O3S. The number of halogens is 1. The lowest BCUT2D eigenvalue weighted by Crippen LogP contribution is -2.56. The van der Waals surface area contributed by atoms with Crippen molar-refractivity contribution >= 4 is 27.9 Å². The smallest absolute Gasteiger partial charge is 0.213 e. The van der Waals surface area contributed by atoms with Gasteiger partial charge in [0.1, 0.15) is 12.3 Å². The fourth-order valence-electron chi connectivity index (χ4n) is 4.12. The third-order valence-electron chi connectivity index (χ3n) is 6.05.